The molecule has 0 aliphatic heterocycles. The summed E-state index contributed by atoms with van der Waals surface area (Å²) in [5.41, 5.74) is 5.72. The average molecular weight is 252 g/mol. The van der Waals surface area contributed by atoms with E-state index in [9.17, 15) is 5.21 Å². The summed E-state index contributed by atoms with van der Waals surface area (Å²) in [5.74, 6) is 0. The largest absolute Gasteiger partial charge is 0.411 e. The SMILES string of the molecule is C/C(=N\O)c1ccc2c(c1)/C(=N/O)c1ccccc1-2. The zero-order chi connectivity index (χ0) is 13.4. The van der Waals surface area contributed by atoms with Crippen molar-refractivity contribution in [2.45, 2.75) is 6.92 Å². The maximum Gasteiger partial charge on any atom is 0.118 e. The van der Waals surface area contributed by atoms with Gasteiger partial charge in [0.1, 0.15) is 5.71 Å². The van der Waals surface area contributed by atoms with E-state index in [0.717, 1.165) is 27.8 Å². The van der Waals surface area contributed by atoms with Crippen LogP contribution < -0.4 is 0 Å². The number of hydrogen-bond acceptors (Lipinski definition) is 4. The summed E-state index contributed by atoms with van der Waals surface area (Å²) in [6.07, 6.45) is 0. The van der Waals surface area contributed by atoms with E-state index < -0.39 is 0 Å². The van der Waals surface area contributed by atoms with Crippen LogP contribution in [0.4, 0.5) is 0 Å². The van der Waals surface area contributed by atoms with Gasteiger partial charge in [0.15, 0.2) is 0 Å². The molecule has 3 rings (SSSR count). The Bertz CT molecular complexity index is 718. The van der Waals surface area contributed by atoms with Gasteiger partial charge in [-0.15, -0.1) is 0 Å². The molecule has 2 aromatic carbocycles. The Balaban J connectivity index is 2.27. The normalized spacial score (nSPS) is 15.4. The Morgan fingerprint density at radius 1 is 0.895 bits per heavy atom. The fourth-order valence-electron chi connectivity index (χ4n) is 2.44. The highest BCUT2D eigenvalue weighted by atomic mass is 16.4. The molecule has 1 aliphatic carbocycles. The predicted octanol–water partition coefficient (Wildman–Crippen LogP) is 3.09. The van der Waals surface area contributed by atoms with Crippen LogP contribution in [0.15, 0.2) is 52.8 Å². The number of oxime groups is 2. The van der Waals surface area contributed by atoms with Gasteiger partial charge in [-0.1, -0.05) is 46.7 Å². The molecule has 0 saturated carbocycles. The summed E-state index contributed by atoms with van der Waals surface area (Å²) in [7, 11) is 0. The second-order valence-corrected chi connectivity index (χ2v) is 4.44. The monoisotopic (exact) mass is 252 g/mol. The highest BCUT2D eigenvalue weighted by Crippen LogP contribution is 2.37. The van der Waals surface area contributed by atoms with E-state index in [1.807, 2.05) is 42.5 Å². The van der Waals surface area contributed by atoms with Crippen molar-refractivity contribution in [1.29, 1.82) is 0 Å². The quantitative estimate of drug-likeness (QED) is 0.397. The first-order valence-corrected chi connectivity index (χ1v) is 5.91. The molecule has 0 unspecified atom stereocenters. The Hall–Kier alpha value is -2.62. The minimum Gasteiger partial charge on any atom is -0.411 e. The molecule has 0 bridgehead atoms. The van der Waals surface area contributed by atoms with Crippen LogP contribution in [0.2, 0.25) is 0 Å². The first-order chi connectivity index (χ1) is 9.26. The third-order valence-electron chi connectivity index (χ3n) is 3.41. The van der Waals surface area contributed by atoms with E-state index >= 15 is 0 Å². The van der Waals surface area contributed by atoms with Crippen molar-refractivity contribution in [1.82, 2.24) is 0 Å². The van der Waals surface area contributed by atoms with Gasteiger partial charge in [0.05, 0.1) is 5.71 Å². The fraction of sp³-hybridized carbons (Fsp3) is 0.0667. The van der Waals surface area contributed by atoms with Crippen LogP contribution in [0.1, 0.15) is 23.6 Å². The Labute approximate surface area is 110 Å². The molecule has 0 spiro atoms. The molecule has 0 aromatic heterocycles. The van der Waals surface area contributed by atoms with Crippen LogP contribution in [0.5, 0.6) is 0 Å². The smallest absolute Gasteiger partial charge is 0.118 e. The van der Waals surface area contributed by atoms with E-state index in [4.69, 9.17) is 5.21 Å². The molecule has 0 radical (unpaired) electrons. The summed E-state index contributed by atoms with van der Waals surface area (Å²) in [5, 5.41) is 24.7. The van der Waals surface area contributed by atoms with Crippen LogP contribution in [0.25, 0.3) is 11.1 Å². The van der Waals surface area contributed by atoms with Gasteiger partial charge in [0.25, 0.3) is 0 Å². The summed E-state index contributed by atoms with van der Waals surface area (Å²) in [6.45, 7) is 1.72. The van der Waals surface area contributed by atoms with E-state index in [1.54, 1.807) is 6.92 Å². The maximum atomic E-state index is 9.25. The van der Waals surface area contributed by atoms with Gasteiger partial charge in [0.2, 0.25) is 0 Å². The first kappa shape index (κ1) is 11.5. The summed E-state index contributed by atoms with van der Waals surface area (Å²) in [4.78, 5) is 0. The molecule has 0 fully saturated rings. The molecule has 0 atom stereocenters. The van der Waals surface area contributed by atoms with Crippen molar-refractivity contribution in [3.63, 3.8) is 0 Å². The number of rotatable bonds is 1. The number of fused-ring (bicyclic) bond motifs is 3. The molecule has 4 nitrogen and oxygen atoms in total. The van der Waals surface area contributed by atoms with Crippen molar-refractivity contribution in [3.8, 4) is 11.1 Å². The average Bonchev–Trinajstić information content (AvgIpc) is 2.79. The second kappa shape index (κ2) is 4.24. The van der Waals surface area contributed by atoms with Gasteiger partial charge in [-0.2, -0.15) is 0 Å². The third kappa shape index (κ3) is 1.61. The second-order valence-electron chi connectivity index (χ2n) is 4.44. The Kier molecular flexibility index (Phi) is 2.56. The van der Waals surface area contributed by atoms with Crippen molar-refractivity contribution < 1.29 is 10.4 Å². The summed E-state index contributed by atoms with van der Waals surface area (Å²) < 4.78 is 0. The van der Waals surface area contributed by atoms with Crippen LogP contribution in [-0.4, -0.2) is 21.8 Å². The maximum absolute atomic E-state index is 9.25. The molecule has 19 heavy (non-hydrogen) atoms. The molecule has 2 aromatic rings. The zero-order valence-electron chi connectivity index (χ0n) is 10.3. The lowest BCUT2D eigenvalue weighted by Crippen LogP contribution is -2.01. The Morgan fingerprint density at radius 3 is 2.26 bits per heavy atom. The van der Waals surface area contributed by atoms with E-state index in [0.29, 0.717) is 11.4 Å². The molecule has 4 heteroatoms. The molecule has 2 N–H and O–H groups in total. The molecule has 1 aliphatic rings. The van der Waals surface area contributed by atoms with Gasteiger partial charge in [-0.3, -0.25) is 0 Å². The van der Waals surface area contributed by atoms with Crippen molar-refractivity contribution in [2.75, 3.05) is 0 Å². The summed E-state index contributed by atoms with van der Waals surface area (Å²) in [6, 6.07) is 13.5. The number of benzene rings is 2. The van der Waals surface area contributed by atoms with E-state index in [-0.39, 0.29) is 0 Å². The predicted molar refractivity (Wildman–Crippen MR) is 73.3 cm³/mol. The van der Waals surface area contributed by atoms with Gasteiger partial charge < -0.3 is 10.4 Å². The number of nitrogens with zero attached hydrogens (tertiary/aromatic N) is 2. The van der Waals surface area contributed by atoms with Crippen LogP contribution in [-0.2, 0) is 0 Å². The van der Waals surface area contributed by atoms with Crippen molar-refractivity contribution >= 4 is 11.4 Å². The van der Waals surface area contributed by atoms with E-state index in [1.165, 1.54) is 0 Å². The van der Waals surface area contributed by atoms with Gasteiger partial charge in [-0.05, 0) is 29.7 Å². The van der Waals surface area contributed by atoms with E-state index in [2.05, 4.69) is 10.3 Å². The molecule has 94 valence electrons. The number of hydrogen-bond donors (Lipinski definition) is 2. The fourth-order valence-corrected chi connectivity index (χ4v) is 2.44. The van der Waals surface area contributed by atoms with Gasteiger partial charge in [0, 0.05) is 11.1 Å². The van der Waals surface area contributed by atoms with Crippen molar-refractivity contribution in [3.05, 3.63) is 59.2 Å². The molecule has 0 heterocycles. The third-order valence-corrected chi connectivity index (χ3v) is 3.41. The molecule has 0 saturated heterocycles. The minimum absolute atomic E-state index is 0.524. The molecular weight excluding hydrogens is 240 g/mol. The minimum atomic E-state index is 0.524. The highest BCUT2D eigenvalue weighted by molar-refractivity contribution is 6.24. The first-order valence-electron chi connectivity index (χ1n) is 5.91. The van der Waals surface area contributed by atoms with Crippen LogP contribution in [0.3, 0.4) is 0 Å². The lowest BCUT2D eigenvalue weighted by Gasteiger charge is -2.03. The zero-order valence-corrected chi connectivity index (χ0v) is 10.3. The van der Waals surface area contributed by atoms with Crippen LogP contribution in [0, 0.1) is 0 Å². The van der Waals surface area contributed by atoms with Crippen molar-refractivity contribution in [2.24, 2.45) is 10.3 Å². The topological polar surface area (TPSA) is 65.2 Å². The molecular formula is C15H12N2O2. The summed E-state index contributed by atoms with van der Waals surface area (Å²) >= 11 is 0. The lowest BCUT2D eigenvalue weighted by molar-refractivity contribution is 0.319. The van der Waals surface area contributed by atoms with Gasteiger partial charge in [-0.25, -0.2) is 0 Å². The molecule has 0 amide bonds. The lowest BCUT2D eigenvalue weighted by atomic mass is 10.0. The highest BCUT2D eigenvalue weighted by Gasteiger charge is 2.25. The Morgan fingerprint density at radius 2 is 1.58 bits per heavy atom. The van der Waals surface area contributed by atoms with Crippen LogP contribution >= 0.6 is 0 Å². The van der Waals surface area contributed by atoms with Gasteiger partial charge >= 0.3 is 0 Å². The standard InChI is InChI=1S/C15H12N2O2/c1-9(16-18)10-6-7-12-11-4-2-3-5-13(11)15(17-19)14(12)8-10/h2-8,18-19H,1H3/b16-9+,17-15+.